The molecule has 1 aromatic carbocycles. The number of nitrogens with one attached hydrogen (secondary N) is 3. The Labute approximate surface area is 176 Å². The number of carbonyl (C=O) groups excluding carboxylic acids is 4. The zero-order valence-corrected chi connectivity index (χ0v) is 16.5. The second-order valence-electron chi connectivity index (χ2n) is 7.07. The van der Waals surface area contributed by atoms with Gasteiger partial charge in [-0.25, -0.2) is 9.78 Å². The summed E-state index contributed by atoms with van der Waals surface area (Å²) >= 11 is 5.72. The molecule has 154 valence electrons. The number of fused-ring (bicyclic) bond motifs is 1. The number of rotatable bonds is 4. The van der Waals surface area contributed by atoms with Gasteiger partial charge < -0.3 is 15.5 Å². The van der Waals surface area contributed by atoms with E-state index < -0.39 is 18.0 Å². The van der Waals surface area contributed by atoms with Gasteiger partial charge in [0.25, 0.3) is 5.91 Å². The van der Waals surface area contributed by atoms with Crippen LogP contribution in [0.15, 0.2) is 36.5 Å². The maximum absolute atomic E-state index is 12.7. The van der Waals surface area contributed by atoms with Gasteiger partial charge in [0.1, 0.15) is 11.2 Å². The Morgan fingerprint density at radius 2 is 2.07 bits per heavy atom. The summed E-state index contributed by atoms with van der Waals surface area (Å²) in [5.74, 6) is -0.990. The van der Waals surface area contributed by atoms with Crippen LogP contribution in [0.25, 0.3) is 0 Å². The molecular weight excluding hydrogens is 410 g/mol. The Kier molecular flexibility index (Phi) is 5.37. The number of aromatic nitrogens is 1. The van der Waals surface area contributed by atoms with Crippen LogP contribution in [0.3, 0.4) is 0 Å². The molecule has 5 amide bonds. The van der Waals surface area contributed by atoms with Crippen molar-refractivity contribution in [3.8, 4) is 0 Å². The highest BCUT2D eigenvalue weighted by molar-refractivity contribution is 6.29. The molecule has 30 heavy (non-hydrogen) atoms. The molecule has 0 saturated carbocycles. The maximum atomic E-state index is 12.7. The third-order valence-corrected chi connectivity index (χ3v) is 5.25. The molecule has 1 aromatic heterocycles. The molecule has 2 aromatic rings. The molecular formula is C20H18ClN5O4. The molecule has 0 bridgehead atoms. The van der Waals surface area contributed by atoms with E-state index in [0.717, 1.165) is 11.1 Å². The van der Waals surface area contributed by atoms with Crippen LogP contribution >= 0.6 is 11.6 Å². The van der Waals surface area contributed by atoms with Gasteiger partial charge in [0.05, 0.1) is 11.9 Å². The summed E-state index contributed by atoms with van der Waals surface area (Å²) in [5.41, 5.74) is 2.64. The van der Waals surface area contributed by atoms with Crippen molar-refractivity contribution in [2.45, 2.75) is 32.0 Å². The monoisotopic (exact) mass is 427 g/mol. The molecule has 10 heteroatoms. The van der Waals surface area contributed by atoms with Crippen molar-refractivity contribution in [2.75, 3.05) is 5.32 Å². The highest BCUT2D eigenvalue weighted by Crippen LogP contribution is 2.28. The molecule has 0 radical (unpaired) electrons. The van der Waals surface area contributed by atoms with Crippen LogP contribution in [0.2, 0.25) is 5.15 Å². The Morgan fingerprint density at radius 3 is 2.80 bits per heavy atom. The Bertz CT molecular complexity index is 1040. The lowest BCUT2D eigenvalue weighted by Gasteiger charge is -2.29. The van der Waals surface area contributed by atoms with E-state index in [-0.39, 0.29) is 31.3 Å². The van der Waals surface area contributed by atoms with Gasteiger partial charge in [-0.1, -0.05) is 23.7 Å². The van der Waals surface area contributed by atoms with E-state index in [9.17, 15) is 19.2 Å². The van der Waals surface area contributed by atoms with Crippen molar-refractivity contribution in [1.29, 1.82) is 0 Å². The molecule has 1 atom stereocenters. The number of hydrogen-bond donors (Lipinski definition) is 3. The third-order valence-electron chi connectivity index (χ3n) is 5.03. The molecule has 1 unspecified atom stereocenters. The van der Waals surface area contributed by atoms with Crippen molar-refractivity contribution in [3.63, 3.8) is 0 Å². The SMILES string of the molecule is O=C1CCC(N2Cc3cc(CNC(=O)Nc4ccc(Cl)nc4)ccc3C2=O)C(=O)N1. The van der Waals surface area contributed by atoms with E-state index in [1.165, 1.54) is 11.1 Å². The van der Waals surface area contributed by atoms with Crippen LogP contribution in [0, 0.1) is 0 Å². The average Bonchev–Trinajstić information content (AvgIpc) is 3.04. The minimum atomic E-state index is -0.650. The number of halogens is 1. The highest BCUT2D eigenvalue weighted by Gasteiger charge is 2.39. The van der Waals surface area contributed by atoms with Crippen LogP contribution in [-0.4, -0.2) is 39.7 Å². The van der Waals surface area contributed by atoms with Crippen molar-refractivity contribution in [2.24, 2.45) is 0 Å². The number of imide groups is 1. The van der Waals surface area contributed by atoms with Crippen molar-refractivity contribution < 1.29 is 19.2 Å². The fourth-order valence-corrected chi connectivity index (χ4v) is 3.66. The number of piperidine rings is 1. The number of amides is 5. The first-order valence-electron chi connectivity index (χ1n) is 9.33. The molecule has 2 aliphatic rings. The van der Waals surface area contributed by atoms with Crippen molar-refractivity contribution >= 4 is 41.0 Å². The van der Waals surface area contributed by atoms with Gasteiger partial charge in [-0.3, -0.25) is 19.7 Å². The predicted octanol–water partition coefficient (Wildman–Crippen LogP) is 1.82. The zero-order chi connectivity index (χ0) is 21.3. The minimum absolute atomic E-state index is 0.212. The fraction of sp³-hybridized carbons (Fsp3) is 0.250. The summed E-state index contributed by atoms with van der Waals surface area (Å²) in [6, 6.07) is 7.45. The van der Waals surface area contributed by atoms with E-state index in [1.54, 1.807) is 24.3 Å². The van der Waals surface area contributed by atoms with Gasteiger partial charge in [-0.05, 0) is 35.7 Å². The van der Waals surface area contributed by atoms with E-state index in [4.69, 9.17) is 11.6 Å². The number of carbonyl (C=O) groups is 4. The van der Waals surface area contributed by atoms with E-state index in [1.807, 2.05) is 6.07 Å². The molecule has 2 aliphatic heterocycles. The van der Waals surface area contributed by atoms with Gasteiger partial charge in [0.2, 0.25) is 11.8 Å². The standard InChI is InChI=1S/C20H18ClN5O4/c21-16-5-2-13(9-22-16)24-20(30)23-8-11-1-3-14-12(7-11)10-26(19(14)29)15-4-6-17(27)25-18(15)28/h1-3,5,7,9,15H,4,6,8,10H2,(H2,23,24,30)(H,25,27,28). The van der Waals surface area contributed by atoms with Crippen LogP contribution in [0.1, 0.15) is 34.3 Å². The quantitative estimate of drug-likeness (QED) is 0.507. The molecule has 4 rings (SSSR count). The molecule has 9 nitrogen and oxygen atoms in total. The fourth-order valence-electron chi connectivity index (χ4n) is 3.55. The molecule has 0 spiro atoms. The first-order valence-corrected chi connectivity index (χ1v) is 9.71. The van der Waals surface area contributed by atoms with Gasteiger partial charge in [-0.2, -0.15) is 0 Å². The molecule has 3 N–H and O–H groups in total. The van der Waals surface area contributed by atoms with E-state index >= 15 is 0 Å². The van der Waals surface area contributed by atoms with Gasteiger partial charge in [0, 0.05) is 25.1 Å². The lowest BCUT2D eigenvalue weighted by Crippen LogP contribution is -2.52. The third kappa shape index (κ3) is 4.11. The van der Waals surface area contributed by atoms with Crippen LogP contribution in [-0.2, 0) is 22.7 Å². The number of urea groups is 1. The second kappa shape index (κ2) is 8.11. The Morgan fingerprint density at radius 1 is 1.23 bits per heavy atom. The summed E-state index contributed by atoms with van der Waals surface area (Å²) in [6.07, 6.45) is 1.98. The largest absolute Gasteiger partial charge is 0.334 e. The minimum Gasteiger partial charge on any atom is -0.334 e. The number of anilines is 1. The summed E-state index contributed by atoms with van der Waals surface area (Å²) < 4.78 is 0. The van der Waals surface area contributed by atoms with Gasteiger partial charge in [0.15, 0.2) is 0 Å². The number of nitrogens with zero attached hydrogens (tertiary/aromatic N) is 2. The summed E-state index contributed by atoms with van der Waals surface area (Å²) in [4.78, 5) is 53.6. The number of benzene rings is 1. The van der Waals surface area contributed by atoms with E-state index in [0.29, 0.717) is 22.8 Å². The van der Waals surface area contributed by atoms with Crippen molar-refractivity contribution in [3.05, 3.63) is 58.4 Å². The Balaban J connectivity index is 1.38. The summed E-state index contributed by atoms with van der Waals surface area (Å²) in [5, 5.41) is 8.01. The summed E-state index contributed by atoms with van der Waals surface area (Å²) in [7, 11) is 0. The smallest absolute Gasteiger partial charge is 0.319 e. The molecule has 3 heterocycles. The van der Waals surface area contributed by atoms with Crippen LogP contribution in [0.4, 0.5) is 10.5 Å². The Hall–Kier alpha value is -3.46. The highest BCUT2D eigenvalue weighted by atomic mass is 35.5. The molecule has 1 fully saturated rings. The lowest BCUT2D eigenvalue weighted by atomic mass is 10.0. The number of hydrogen-bond acceptors (Lipinski definition) is 5. The van der Waals surface area contributed by atoms with Crippen LogP contribution in [0.5, 0.6) is 0 Å². The maximum Gasteiger partial charge on any atom is 0.319 e. The number of pyridine rings is 1. The first kappa shape index (κ1) is 19.8. The second-order valence-corrected chi connectivity index (χ2v) is 7.46. The van der Waals surface area contributed by atoms with Gasteiger partial charge in [-0.15, -0.1) is 0 Å². The average molecular weight is 428 g/mol. The van der Waals surface area contributed by atoms with Crippen LogP contribution < -0.4 is 16.0 Å². The first-order chi connectivity index (χ1) is 14.4. The molecule has 1 saturated heterocycles. The predicted molar refractivity (Wildman–Crippen MR) is 108 cm³/mol. The molecule has 0 aliphatic carbocycles. The summed E-state index contributed by atoms with van der Waals surface area (Å²) in [6.45, 7) is 0.545. The van der Waals surface area contributed by atoms with Gasteiger partial charge >= 0.3 is 6.03 Å². The van der Waals surface area contributed by atoms with E-state index in [2.05, 4.69) is 20.9 Å². The lowest BCUT2D eigenvalue weighted by molar-refractivity contribution is -0.136. The zero-order valence-electron chi connectivity index (χ0n) is 15.8. The normalized spacial score (nSPS) is 18.1. The van der Waals surface area contributed by atoms with Crippen molar-refractivity contribution in [1.82, 2.24) is 20.5 Å². The topological polar surface area (TPSA) is 120 Å².